The van der Waals surface area contributed by atoms with Gasteiger partial charge in [0.1, 0.15) is 5.58 Å². The van der Waals surface area contributed by atoms with Crippen LogP contribution in [0.25, 0.3) is 55.2 Å². The third-order valence-electron chi connectivity index (χ3n) is 5.97. The van der Waals surface area contributed by atoms with Crippen molar-refractivity contribution in [1.29, 1.82) is 0 Å². The Bertz CT molecular complexity index is 2010. The zero-order chi connectivity index (χ0) is 30.2. The van der Waals surface area contributed by atoms with Crippen LogP contribution in [0, 0.1) is 25.8 Å². The molecule has 0 bridgehead atoms. The van der Waals surface area contributed by atoms with E-state index in [1.165, 1.54) is 18.5 Å². The summed E-state index contributed by atoms with van der Waals surface area (Å²) in [6, 6.07) is 32.1. The van der Waals surface area contributed by atoms with Gasteiger partial charge >= 0.3 is 0 Å². The van der Waals surface area contributed by atoms with Crippen molar-refractivity contribution in [2.45, 2.75) is 13.7 Å². The van der Waals surface area contributed by atoms with Gasteiger partial charge < -0.3 is 14.4 Å². The van der Waals surface area contributed by atoms with Crippen molar-refractivity contribution in [3.8, 4) is 22.5 Å². The molecule has 7 rings (SSSR count). The number of rotatable bonds is 2. The van der Waals surface area contributed by atoms with E-state index in [1.807, 2.05) is 60.7 Å². The Morgan fingerprint density at radius 2 is 1.63 bits per heavy atom. The maximum absolute atomic E-state index is 7.58. The molecular formula is C33H23IrN3O-2. The van der Waals surface area contributed by atoms with E-state index < -0.39 is 13.7 Å². The third-order valence-corrected chi connectivity index (χ3v) is 5.97. The van der Waals surface area contributed by atoms with Crippen LogP contribution in [-0.4, -0.2) is 15.0 Å². The largest absolute Gasteiger partial charge is 0.500 e. The van der Waals surface area contributed by atoms with Crippen molar-refractivity contribution in [1.82, 2.24) is 15.0 Å². The van der Waals surface area contributed by atoms with Gasteiger partial charge in [-0.2, -0.15) is 0 Å². The fourth-order valence-electron chi connectivity index (χ4n) is 4.23. The number of hydrogen-bond acceptors (Lipinski definition) is 4. The molecule has 38 heavy (non-hydrogen) atoms. The van der Waals surface area contributed by atoms with Crippen LogP contribution >= 0.6 is 0 Å². The summed E-state index contributed by atoms with van der Waals surface area (Å²) in [6.07, 6.45) is 4.65. The van der Waals surface area contributed by atoms with E-state index in [9.17, 15) is 0 Å². The first-order valence-electron chi connectivity index (χ1n) is 14.6. The van der Waals surface area contributed by atoms with Gasteiger partial charge in [-0.05, 0) is 48.2 Å². The first-order chi connectivity index (χ1) is 20.6. The smallest absolute Gasteiger partial charge is 0.130 e. The number of aromatic nitrogens is 3. The van der Waals surface area contributed by atoms with E-state index in [-0.39, 0.29) is 31.4 Å². The zero-order valence-corrected chi connectivity index (χ0v) is 22.3. The van der Waals surface area contributed by atoms with Crippen LogP contribution in [0.2, 0.25) is 0 Å². The predicted molar refractivity (Wildman–Crippen MR) is 149 cm³/mol. The fourth-order valence-corrected chi connectivity index (χ4v) is 4.23. The predicted octanol–water partition coefficient (Wildman–Crippen LogP) is 8.16. The Labute approximate surface area is 243 Å². The molecule has 5 heteroatoms. The summed E-state index contributed by atoms with van der Waals surface area (Å²) in [4.78, 5) is 12.6. The fraction of sp³-hybridized carbons (Fsp3) is 0.0606. The monoisotopic (exact) mass is 676 g/mol. The molecule has 187 valence electrons. The molecular weight excluding hydrogens is 647 g/mol. The number of pyridine rings is 3. The van der Waals surface area contributed by atoms with E-state index >= 15 is 0 Å². The second-order valence-electron chi connectivity index (χ2n) is 8.35. The van der Waals surface area contributed by atoms with Crippen LogP contribution in [-0.2, 0) is 20.1 Å². The van der Waals surface area contributed by atoms with Crippen molar-refractivity contribution < 1.29 is 32.7 Å². The number of hydrogen-bond donors (Lipinski definition) is 0. The quantitative estimate of drug-likeness (QED) is 0.174. The molecule has 0 aliphatic heterocycles. The Kier molecular flexibility index (Phi) is 5.52. The second-order valence-corrected chi connectivity index (χ2v) is 8.35. The number of furan rings is 1. The van der Waals surface area contributed by atoms with E-state index in [0.29, 0.717) is 27.8 Å². The average molecular weight is 676 g/mol. The van der Waals surface area contributed by atoms with Gasteiger partial charge in [-0.15, -0.1) is 54.1 Å². The van der Waals surface area contributed by atoms with Gasteiger partial charge in [0, 0.05) is 63.4 Å². The minimum Gasteiger partial charge on any atom is -0.500 e. The van der Waals surface area contributed by atoms with Gasteiger partial charge in [-0.3, -0.25) is 4.98 Å². The average Bonchev–Trinajstić information content (AvgIpc) is 3.41. The molecule has 4 nitrogen and oxygen atoms in total. The molecule has 7 aromatic rings. The maximum atomic E-state index is 7.58. The first kappa shape index (κ1) is 19.0. The molecule has 3 aromatic carbocycles. The van der Waals surface area contributed by atoms with E-state index in [0.717, 1.165) is 27.4 Å². The maximum Gasteiger partial charge on any atom is 0.130 e. The van der Waals surface area contributed by atoms with Crippen LogP contribution in [0.3, 0.4) is 0 Å². The summed E-state index contributed by atoms with van der Waals surface area (Å²) in [7, 11) is 0. The molecule has 0 amide bonds. The second kappa shape index (κ2) is 11.1. The Hall–Kier alpha value is -4.18. The molecule has 0 aliphatic rings. The Morgan fingerprint density at radius 1 is 0.711 bits per heavy atom. The van der Waals surface area contributed by atoms with Crippen LogP contribution in [0.15, 0.2) is 108 Å². The normalized spacial score (nSPS) is 13.7. The summed E-state index contributed by atoms with van der Waals surface area (Å²) in [5.41, 5.74) is 4.53. The molecule has 0 N–H and O–H groups in total. The van der Waals surface area contributed by atoms with Crippen LogP contribution in [0.1, 0.15) is 19.5 Å². The Balaban J connectivity index is 0.000000248. The van der Waals surface area contributed by atoms with E-state index in [2.05, 4.69) is 27.1 Å². The molecule has 0 fully saturated rings. The molecule has 0 atom stereocenters. The standard InChI is InChI=1S/C22H15N2O.C11H8N.Ir/c1-13-6-9-20(24-11-13)18-5-3-4-16-17-8-7-15-10-14(2)23-12-19(15)22(17)25-21(16)18;1-2-6-10(7-3-1)11-8-4-5-9-12-11;/h3-4,6-12H,1-2H3;1-6,8-9H;/q2*-1;/i1D3,2D3;;. The van der Waals surface area contributed by atoms with Crippen LogP contribution in [0.5, 0.6) is 0 Å². The Morgan fingerprint density at radius 3 is 2.39 bits per heavy atom. The molecule has 0 unspecified atom stereocenters. The summed E-state index contributed by atoms with van der Waals surface area (Å²) >= 11 is 0. The summed E-state index contributed by atoms with van der Waals surface area (Å²) in [6.45, 7) is -4.51. The summed E-state index contributed by atoms with van der Waals surface area (Å²) in [5, 5.41) is 3.14. The topological polar surface area (TPSA) is 51.8 Å². The molecule has 0 saturated carbocycles. The van der Waals surface area contributed by atoms with Crippen molar-refractivity contribution >= 4 is 32.7 Å². The van der Waals surface area contributed by atoms with E-state index in [4.69, 9.17) is 12.6 Å². The minimum atomic E-state index is -2.29. The van der Waals surface area contributed by atoms with Crippen molar-refractivity contribution in [2.75, 3.05) is 0 Å². The molecule has 0 spiro atoms. The van der Waals surface area contributed by atoms with Crippen molar-refractivity contribution in [3.05, 3.63) is 127 Å². The van der Waals surface area contributed by atoms with Crippen LogP contribution in [0.4, 0.5) is 0 Å². The van der Waals surface area contributed by atoms with Gasteiger partial charge in [0.05, 0.1) is 5.58 Å². The number of fused-ring (bicyclic) bond motifs is 5. The summed E-state index contributed by atoms with van der Waals surface area (Å²) < 4.78 is 51.5. The first-order valence-corrected chi connectivity index (χ1v) is 11.6. The number of benzene rings is 3. The van der Waals surface area contributed by atoms with Gasteiger partial charge in [0.25, 0.3) is 0 Å². The molecule has 4 heterocycles. The van der Waals surface area contributed by atoms with Crippen LogP contribution < -0.4 is 0 Å². The number of aryl methyl sites for hydroxylation is 2. The zero-order valence-electron chi connectivity index (χ0n) is 25.9. The molecule has 0 aliphatic carbocycles. The van der Waals surface area contributed by atoms with Gasteiger partial charge in [0.15, 0.2) is 0 Å². The molecule has 4 aromatic heterocycles. The van der Waals surface area contributed by atoms with Gasteiger partial charge in [-0.1, -0.05) is 47.3 Å². The molecule has 0 saturated heterocycles. The van der Waals surface area contributed by atoms with Crippen molar-refractivity contribution in [3.63, 3.8) is 0 Å². The summed E-state index contributed by atoms with van der Waals surface area (Å²) in [5.74, 6) is 0. The molecule has 1 radical (unpaired) electrons. The van der Waals surface area contributed by atoms with Gasteiger partial charge in [-0.25, -0.2) is 0 Å². The van der Waals surface area contributed by atoms with Gasteiger partial charge in [0.2, 0.25) is 0 Å². The minimum absolute atomic E-state index is 0. The van der Waals surface area contributed by atoms with E-state index in [1.54, 1.807) is 24.4 Å². The number of nitrogens with zero attached hydrogens (tertiary/aromatic N) is 3. The third kappa shape index (κ3) is 4.99. The SMILES string of the molecule is [2H]C([2H])([2H])c1ccc(-c2[c-]ccc3c2oc2c4cnc(C([2H])([2H])[2H])cc4ccc32)nc1.[Ir].[c-]1ccccc1-c1ccccn1. The van der Waals surface area contributed by atoms with Crippen molar-refractivity contribution in [2.24, 2.45) is 0 Å².